The van der Waals surface area contributed by atoms with Gasteiger partial charge in [0.1, 0.15) is 0 Å². The molecule has 0 radical (unpaired) electrons. The summed E-state index contributed by atoms with van der Waals surface area (Å²) in [4.78, 5) is 0. The standard InChI is InChI=1S/C13H18FN/c14-8-7-11-3-5-12(6-4-11)10-13-2-1-9-15-13/h3-6,13,15H,1-2,7-10H2. The third-order valence-corrected chi connectivity index (χ3v) is 3.05. The molecule has 1 aliphatic heterocycles. The molecule has 1 saturated heterocycles. The molecule has 15 heavy (non-hydrogen) atoms. The highest BCUT2D eigenvalue weighted by molar-refractivity contribution is 5.23. The molecule has 0 saturated carbocycles. The number of halogens is 1. The zero-order valence-corrected chi connectivity index (χ0v) is 9.01. The van der Waals surface area contributed by atoms with Gasteiger partial charge in [-0.2, -0.15) is 0 Å². The van der Waals surface area contributed by atoms with E-state index in [1.54, 1.807) is 0 Å². The number of alkyl halides is 1. The largest absolute Gasteiger partial charge is 0.314 e. The van der Waals surface area contributed by atoms with E-state index in [0.29, 0.717) is 12.5 Å². The van der Waals surface area contributed by atoms with Crippen LogP contribution in [0.15, 0.2) is 24.3 Å². The number of hydrogen-bond donors (Lipinski definition) is 1. The first kappa shape index (κ1) is 10.6. The normalized spacial score (nSPS) is 20.7. The van der Waals surface area contributed by atoms with Crippen LogP contribution in [0.25, 0.3) is 0 Å². The Morgan fingerprint density at radius 2 is 1.93 bits per heavy atom. The zero-order valence-electron chi connectivity index (χ0n) is 9.01. The van der Waals surface area contributed by atoms with Gasteiger partial charge < -0.3 is 5.32 Å². The lowest BCUT2D eigenvalue weighted by molar-refractivity contribution is 0.495. The number of aryl methyl sites for hydroxylation is 1. The maximum atomic E-state index is 12.1. The Hall–Kier alpha value is -0.890. The Bertz CT molecular complexity index is 288. The first-order valence-electron chi connectivity index (χ1n) is 5.75. The van der Waals surface area contributed by atoms with Gasteiger partial charge in [-0.3, -0.25) is 4.39 Å². The first-order valence-corrected chi connectivity index (χ1v) is 5.75. The lowest BCUT2D eigenvalue weighted by Crippen LogP contribution is -2.23. The summed E-state index contributed by atoms with van der Waals surface area (Å²) >= 11 is 0. The summed E-state index contributed by atoms with van der Waals surface area (Å²) in [6, 6.07) is 9.00. The van der Waals surface area contributed by atoms with Gasteiger partial charge >= 0.3 is 0 Å². The molecule has 1 aromatic rings. The molecule has 1 nitrogen and oxygen atoms in total. The molecule has 2 rings (SSSR count). The van der Waals surface area contributed by atoms with Crippen molar-refractivity contribution in [3.05, 3.63) is 35.4 Å². The molecule has 2 heteroatoms. The third-order valence-electron chi connectivity index (χ3n) is 3.05. The molecule has 1 atom stereocenters. The zero-order chi connectivity index (χ0) is 10.5. The molecule has 1 unspecified atom stereocenters. The van der Waals surface area contributed by atoms with Gasteiger partial charge in [0, 0.05) is 12.5 Å². The number of rotatable bonds is 4. The van der Waals surface area contributed by atoms with E-state index in [2.05, 4.69) is 17.4 Å². The second-order valence-corrected chi connectivity index (χ2v) is 4.25. The number of benzene rings is 1. The molecule has 0 spiro atoms. The van der Waals surface area contributed by atoms with Gasteiger partial charge in [0.2, 0.25) is 0 Å². The minimum atomic E-state index is -0.260. The number of nitrogens with one attached hydrogen (secondary N) is 1. The van der Waals surface area contributed by atoms with Crippen LogP contribution < -0.4 is 5.32 Å². The summed E-state index contributed by atoms with van der Waals surface area (Å²) in [5.74, 6) is 0. The van der Waals surface area contributed by atoms with Gasteiger partial charge in [-0.15, -0.1) is 0 Å². The predicted molar refractivity (Wildman–Crippen MR) is 60.8 cm³/mol. The van der Waals surface area contributed by atoms with E-state index in [1.807, 2.05) is 12.1 Å². The van der Waals surface area contributed by atoms with E-state index in [0.717, 1.165) is 18.5 Å². The average Bonchev–Trinajstić information content (AvgIpc) is 2.74. The third kappa shape index (κ3) is 3.03. The minimum Gasteiger partial charge on any atom is -0.314 e. The Morgan fingerprint density at radius 3 is 2.53 bits per heavy atom. The highest BCUT2D eigenvalue weighted by Gasteiger charge is 2.13. The molecule has 0 aromatic heterocycles. The Morgan fingerprint density at radius 1 is 1.20 bits per heavy atom. The van der Waals surface area contributed by atoms with Crippen LogP contribution in [0, 0.1) is 0 Å². The summed E-state index contributed by atoms with van der Waals surface area (Å²) in [6.45, 7) is 0.897. The van der Waals surface area contributed by atoms with Crippen LogP contribution in [0.1, 0.15) is 24.0 Å². The fourth-order valence-electron chi connectivity index (χ4n) is 2.17. The van der Waals surface area contributed by atoms with Crippen LogP contribution >= 0.6 is 0 Å². The van der Waals surface area contributed by atoms with E-state index in [-0.39, 0.29) is 6.67 Å². The average molecular weight is 207 g/mol. The lowest BCUT2D eigenvalue weighted by Gasteiger charge is -2.10. The van der Waals surface area contributed by atoms with Crippen molar-refractivity contribution in [1.82, 2.24) is 5.32 Å². The second-order valence-electron chi connectivity index (χ2n) is 4.25. The van der Waals surface area contributed by atoms with Crippen LogP contribution in [-0.2, 0) is 12.8 Å². The molecule has 1 aromatic carbocycles. The van der Waals surface area contributed by atoms with Crippen LogP contribution in [0.4, 0.5) is 4.39 Å². The highest BCUT2D eigenvalue weighted by atomic mass is 19.1. The molecule has 1 heterocycles. The maximum absolute atomic E-state index is 12.1. The molecular weight excluding hydrogens is 189 g/mol. The monoisotopic (exact) mass is 207 g/mol. The minimum absolute atomic E-state index is 0.260. The van der Waals surface area contributed by atoms with Crippen molar-refractivity contribution in [2.45, 2.75) is 31.7 Å². The van der Waals surface area contributed by atoms with Crippen molar-refractivity contribution < 1.29 is 4.39 Å². The second kappa shape index (κ2) is 5.26. The van der Waals surface area contributed by atoms with E-state index < -0.39 is 0 Å². The Kier molecular flexibility index (Phi) is 3.73. The van der Waals surface area contributed by atoms with Crippen molar-refractivity contribution in [2.75, 3.05) is 13.2 Å². The van der Waals surface area contributed by atoms with Gasteiger partial charge in [-0.05, 0) is 36.9 Å². The molecule has 0 amide bonds. The van der Waals surface area contributed by atoms with Crippen molar-refractivity contribution in [3.8, 4) is 0 Å². The van der Waals surface area contributed by atoms with Gasteiger partial charge in [0.05, 0.1) is 6.67 Å². The SMILES string of the molecule is FCCc1ccc(CC2CCCN2)cc1. The van der Waals surface area contributed by atoms with Gasteiger partial charge in [0.25, 0.3) is 0 Å². The fourth-order valence-corrected chi connectivity index (χ4v) is 2.17. The summed E-state index contributed by atoms with van der Waals surface area (Å²) < 4.78 is 12.1. The van der Waals surface area contributed by atoms with Crippen LogP contribution in [0.2, 0.25) is 0 Å². The molecule has 1 fully saturated rings. The van der Waals surface area contributed by atoms with Gasteiger partial charge in [0.15, 0.2) is 0 Å². The maximum Gasteiger partial charge on any atom is 0.0934 e. The van der Waals surface area contributed by atoms with Crippen LogP contribution in [0.3, 0.4) is 0 Å². The quantitative estimate of drug-likeness (QED) is 0.800. The number of hydrogen-bond acceptors (Lipinski definition) is 1. The molecule has 82 valence electrons. The van der Waals surface area contributed by atoms with Crippen molar-refractivity contribution in [2.24, 2.45) is 0 Å². The van der Waals surface area contributed by atoms with Gasteiger partial charge in [-0.25, -0.2) is 0 Å². The summed E-state index contributed by atoms with van der Waals surface area (Å²) in [5, 5.41) is 3.48. The molecule has 1 N–H and O–H groups in total. The lowest BCUT2D eigenvalue weighted by atomic mass is 10.0. The smallest absolute Gasteiger partial charge is 0.0934 e. The Balaban J connectivity index is 1.91. The highest BCUT2D eigenvalue weighted by Crippen LogP contribution is 2.13. The van der Waals surface area contributed by atoms with E-state index in [9.17, 15) is 4.39 Å². The fraction of sp³-hybridized carbons (Fsp3) is 0.538. The molecular formula is C13H18FN. The van der Waals surface area contributed by atoms with Crippen LogP contribution in [-0.4, -0.2) is 19.3 Å². The first-order chi connectivity index (χ1) is 7.38. The topological polar surface area (TPSA) is 12.0 Å². The Labute approximate surface area is 90.7 Å². The molecule has 1 aliphatic rings. The van der Waals surface area contributed by atoms with Crippen molar-refractivity contribution in [1.29, 1.82) is 0 Å². The van der Waals surface area contributed by atoms with Crippen molar-refractivity contribution in [3.63, 3.8) is 0 Å². The van der Waals surface area contributed by atoms with E-state index in [1.165, 1.54) is 18.4 Å². The van der Waals surface area contributed by atoms with Crippen LogP contribution in [0.5, 0.6) is 0 Å². The van der Waals surface area contributed by atoms with Gasteiger partial charge in [-0.1, -0.05) is 24.3 Å². The molecule has 0 bridgehead atoms. The summed E-state index contributed by atoms with van der Waals surface area (Å²) in [7, 11) is 0. The predicted octanol–water partition coefficient (Wildman–Crippen LogP) is 2.49. The molecule has 0 aliphatic carbocycles. The van der Waals surface area contributed by atoms with E-state index >= 15 is 0 Å². The summed E-state index contributed by atoms with van der Waals surface area (Å²) in [5.41, 5.74) is 2.46. The van der Waals surface area contributed by atoms with Crippen molar-refractivity contribution >= 4 is 0 Å². The summed E-state index contributed by atoms with van der Waals surface area (Å²) in [6.07, 6.45) is 4.23. The van der Waals surface area contributed by atoms with E-state index in [4.69, 9.17) is 0 Å².